The Balaban J connectivity index is 0.00000120. The minimum absolute atomic E-state index is 0. The zero-order valence-electron chi connectivity index (χ0n) is 9.70. The van der Waals surface area contributed by atoms with Crippen LogP contribution in [0.4, 0.5) is 16.2 Å². The van der Waals surface area contributed by atoms with Gasteiger partial charge in [-0.1, -0.05) is 12.1 Å². The number of nitrogen functional groups attached to an aromatic ring is 1. The van der Waals surface area contributed by atoms with Crippen LogP contribution in [0.15, 0.2) is 24.3 Å². The van der Waals surface area contributed by atoms with Crippen LogP contribution in [-0.2, 0) is 4.79 Å². The third kappa shape index (κ3) is 1.62. The molecule has 3 amide bonds. The van der Waals surface area contributed by atoms with E-state index < -0.39 is 0 Å². The number of nitrogens with zero attached hydrogens (tertiary/aromatic N) is 2. The van der Waals surface area contributed by atoms with E-state index >= 15 is 0 Å². The quantitative estimate of drug-likeness (QED) is 0.621. The summed E-state index contributed by atoms with van der Waals surface area (Å²) in [6, 6.07) is 6.44. The number of hydrogen-bond donors (Lipinski definition) is 1. The van der Waals surface area contributed by atoms with Gasteiger partial charge in [0.05, 0.1) is 11.4 Å². The second-order valence-electron chi connectivity index (χ2n) is 4.37. The first-order valence-electron chi connectivity index (χ1n) is 5.69. The first-order valence-corrected chi connectivity index (χ1v) is 5.69. The number of hydrogen-bond acceptors (Lipinski definition) is 3. The Morgan fingerprint density at radius 2 is 1.94 bits per heavy atom. The Morgan fingerprint density at radius 1 is 1.22 bits per heavy atom. The number of imide groups is 1. The number of carbonyl (C=O) groups is 2. The fraction of sp³-hybridized carbons (Fsp3) is 0.333. The summed E-state index contributed by atoms with van der Waals surface area (Å²) < 4.78 is 0. The van der Waals surface area contributed by atoms with Crippen LogP contribution in [0.2, 0.25) is 0 Å². The number of para-hydroxylation sites is 2. The molecule has 5 nitrogen and oxygen atoms in total. The third-order valence-electron chi connectivity index (χ3n) is 3.37. The maximum absolute atomic E-state index is 12.2. The highest BCUT2D eigenvalue weighted by atomic mass is 35.5. The second-order valence-corrected chi connectivity index (χ2v) is 4.37. The molecule has 0 bridgehead atoms. The van der Waals surface area contributed by atoms with Crippen molar-refractivity contribution in [1.29, 1.82) is 0 Å². The predicted octanol–water partition coefficient (Wildman–Crippen LogP) is 1.62. The molecule has 2 N–H and O–H groups in total. The number of amides is 3. The van der Waals surface area contributed by atoms with Gasteiger partial charge in [0.25, 0.3) is 5.91 Å². The molecular formula is C12H14ClN3O2. The minimum atomic E-state index is -0.276. The summed E-state index contributed by atoms with van der Waals surface area (Å²) in [5.41, 5.74) is 6.76. The normalized spacial score (nSPS) is 22.1. The lowest BCUT2D eigenvalue weighted by Crippen LogP contribution is -2.33. The van der Waals surface area contributed by atoms with Crippen LogP contribution in [0.1, 0.15) is 12.8 Å². The summed E-state index contributed by atoms with van der Waals surface area (Å²) >= 11 is 0. The van der Waals surface area contributed by atoms with Crippen molar-refractivity contribution in [2.24, 2.45) is 0 Å². The summed E-state index contributed by atoms with van der Waals surface area (Å²) in [6.45, 7) is 0.665. The number of rotatable bonds is 1. The molecule has 1 aromatic rings. The summed E-state index contributed by atoms with van der Waals surface area (Å²) in [6.07, 6.45) is 1.66. The maximum atomic E-state index is 12.2. The van der Waals surface area contributed by atoms with Crippen LogP contribution in [0.5, 0.6) is 0 Å². The van der Waals surface area contributed by atoms with E-state index in [1.165, 1.54) is 4.90 Å². The van der Waals surface area contributed by atoms with Gasteiger partial charge in [-0.05, 0) is 25.0 Å². The van der Waals surface area contributed by atoms with Crippen LogP contribution >= 0.6 is 12.4 Å². The highest BCUT2D eigenvalue weighted by Crippen LogP contribution is 2.33. The van der Waals surface area contributed by atoms with Gasteiger partial charge in [0.15, 0.2) is 0 Å². The van der Waals surface area contributed by atoms with Crippen molar-refractivity contribution in [1.82, 2.24) is 4.90 Å². The van der Waals surface area contributed by atoms with Crippen LogP contribution in [0.3, 0.4) is 0 Å². The molecule has 6 heteroatoms. The smallest absolute Gasteiger partial charge is 0.332 e. The Bertz CT molecular complexity index is 484. The van der Waals surface area contributed by atoms with Crippen molar-refractivity contribution in [2.45, 2.75) is 18.9 Å². The molecule has 1 unspecified atom stereocenters. The van der Waals surface area contributed by atoms with Crippen molar-refractivity contribution >= 4 is 35.7 Å². The molecule has 3 rings (SSSR count). The van der Waals surface area contributed by atoms with Crippen molar-refractivity contribution < 1.29 is 9.59 Å². The first kappa shape index (κ1) is 12.7. The third-order valence-corrected chi connectivity index (χ3v) is 3.37. The summed E-state index contributed by atoms with van der Waals surface area (Å²) in [4.78, 5) is 27.1. The molecule has 0 spiro atoms. The molecule has 0 aromatic heterocycles. The summed E-state index contributed by atoms with van der Waals surface area (Å²) in [7, 11) is 0. The van der Waals surface area contributed by atoms with E-state index in [1.807, 2.05) is 0 Å². The Kier molecular flexibility index (Phi) is 3.17. The lowest BCUT2D eigenvalue weighted by Gasteiger charge is -2.16. The zero-order valence-corrected chi connectivity index (χ0v) is 10.5. The van der Waals surface area contributed by atoms with Crippen LogP contribution in [-0.4, -0.2) is 29.4 Å². The Morgan fingerprint density at radius 3 is 2.61 bits per heavy atom. The monoisotopic (exact) mass is 267 g/mol. The molecule has 0 aliphatic carbocycles. The van der Waals surface area contributed by atoms with E-state index in [0.29, 0.717) is 17.9 Å². The Hall–Kier alpha value is -1.75. The van der Waals surface area contributed by atoms with E-state index in [1.54, 1.807) is 29.2 Å². The molecule has 1 aromatic carbocycles. The number of anilines is 2. The van der Waals surface area contributed by atoms with Crippen molar-refractivity contribution in [2.75, 3.05) is 17.2 Å². The number of carbonyl (C=O) groups excluding carboxylic acids is 2. The number of benzene rings is 1. The predicted molar refractivity (Wildman–Crippen MR) is 70.7 cm³/mol. The zero-order chi connectivity index (χ0) is 12.0. The van der Waals surface area contributed by atoms with Gasteiger partial charge >= 0.3 is 6.03 Å². The van der Waals surface area contributed by atoms with Crippen molar-refractivity contribution in [3.8, 4) is 0 Å². The molecule has 0 saturated carbocycles. The van der Waals surface area contributed by atoms with E-state index in [9.17, 15) is 9.59 Å². The molecule has 2 heterocycles. The largest absolute Gasteiger partial charge is 0.397 e. The average Bonchev–Trinajstić information content (AvgIpc) is 2.87. The van der Waals surface area contributed by atoms with Gasteiger partial charge in [0, 0.05) is 6.54 Å². The van der Waals surface area contributed by atoms with Gasteiger partial charge in [-0.25, -0.2) is 9.69 Å². The highest BCUT2D eigenvalue weighted by Gasteiger charge is 2.48. The van der Waals surface area contributed by atoms with Gasteiger partial charge in [0.1, 0.15) is 6.04 Å². The SMILES string of the molecule is Cl.Nc1ccccc1N1C(=O)C2CCCN2C1=O. The molecule has 1 atom stereocenters. The first-order chi connectivity index (χ1) is 8.20. The van der Waals surface area contributed by atoms with Crippen LogP contribution in [0, 0.1) is 0 Å². The number of nitrogens with two attached hydrogens (primary N) is 1. The van der Waals surface area contributed by atoms with E-state index in [-0.39, 0.29) is 30.4 Å². The number of halogens is 1. The van der Waals surface area contributed by atoms with Crippen molar-refractivity contribution in [3.63, 3.8) is 0 Å². The fourth-order valence-corrected chi connectivity index (χ4v) is 2.54. The van der Waals surface area contributed by atoms with Gasteiger partial charge in [-0.3, -0.25) is 4.79 Å². The van der Waals surface area contributed by atoms with Crippen LogP contribution in [0.25, 0.3) is 0 Å². The molecule has 0 radical (unpaired) electrons. The van der Waals surface area contributed by atoms with E-state index in [2.05, 4.69) is 0 Å². The van der Waals surface area contributed by atoms with E-state index in [0.717, 1.165) is 12.8 Å². The maximum Gasteiger partial charge on any atom is 0.332 e. The van der Waals surface area contributed by atoms with E-state index in [4.69, 9.17) is 5.73 Å². The summed E-state index contributed by atoms with van der Waals surface area (Å²) in [5, 5.41) is 0. The van der Waals surface area contributed by atoms with Gasteiger partial charge in [-0.2, -0.15) is 0 Å². The van der Waals surface area contributed by atoms with Crippen LogP contribution < -0.4 is 10.6 Å². The standard InChI is InChI=1S/C12H13N3O2.ClH/c13-8-4-1-2-5-9(8)15-11(16)10-6-3-7-14(10)12(15)17;/h1-2,4-5,10H,3,6-7,13H2;1H. The average molecular weight is 268 g/mol. The molecule has 96 valence electrons. The lowest BCUT2D eigenvalue weighted by molar-refractivity contribution is -0.119. The van der Waals surface area contributed by atoms with Crippen molar-refractivity contribution in [3.05, 3.63) is 24.3 Å². The molecule has 2 saturated heterocycles. The molecule has 2 aliphatic rings. The van der Waals surface area contributed by atoms with Gasteiger partial charge in [-0.15, -0.1) is 12.4 Å². The number of urea groups is 1. The molecule has 18 heavy (non-hydrogen) atoms. The minimum Gasteiger partial charge on any atom is -0.397 e. The molecule has 2 aliphatic heterocycles. The Labute approximate surface area is 111 Å². The second kappa shape index (κ2) is 4.49. The number of fused-ring (bicyclic) bond motifs is 1. The molecule has 2 fully saturated rings. The van der Waals surface area contributed by atoms with Gasteiger partial charge < -0.3 is 10.6 Å². The summed E-state index contributed by atoms with van der Waals surface area (Å²) in [5.74, 6) is -0.148. The van der Waals surface area contributed by atoms with Gasteiger partial charge in [0.2, 0.25) is 0 Å². The fourth-order valence-electron chi connectivity index (χ4n) is 2.54. The molecular weight excluding hydrogens is 254 g/mol. The topological polar surface area (TPSA) is 66.6 Å². The lowest BCUT2D eigenvalue weighted by atomic mass is 10.2. The highest BCUT2D eigenvalue weighted by molar-refractivity contribution is 6.22.